The lowest BCUT2D eigenvalue weighted by Gasteiger charge is -2.34. The molecule has 0 fully saturated rings. The molecule has 2 aromatic heterocycles. The normalized spacial score (nSPS) is 14.4. The van der Waals surface area contributed by atoms with Gasteiger partial charge in [0.1, 0.15) is 0 Å². The van der Waals surface area contributed by atoms with Gasteiger partial charge in [-0.05, 0) is 69.1 Å². The Balaban J connectivity index is 1.26. The Bertz CT molecular complexity index is 2980. The van der Waals surface area contributed by atoms with Gasteiger partial charge in [0.15, 0.2) is 0 Å². The largest absolute Gasteiger partial charge is 0.308 e. The molecule has 0 amide bonds. The molecule has 0 saturated carbocycles. The Morgan fingerprint density at radius 2 is 0.833 bits per heavy atom. The second-order valence-electron chi connectivity index (χ2n) is 14.3. The first-order valence-corrected chi connectivity index (χ1v) is 17.3. The van der Waals surface area contributed by atoms with Gasteiger partial charge in [-0.2, -0.15) is 0 Å². The monoisotopic (exact) mass is 604 g/mol. The van der Waals surface area contributed by atoms with E-state index in [2.05, 4.69) is 143 Å². The van der Waals surface area contributed by atoms with E-state index in [-0.39, 0.29) is 13.4 Å². The summed E-state index contributed by atoms with van der Waals surface area (Å²) in [7, 11) is 0. The molecular formula is C44H26B2N2. The van der Waals surface area contributed by atoms with Gasteiger partial charge in [0.05, 0.1) is 11.0 Å². The fourth-order valence-electron chi connectivity index (χ4n) is 10.6. The van der Waals surface area contributed by atoms with Gasteiger partial charge in [-0.25, -0.2) is 0 Å². The number of para-hydroxylation sites is 2. The van der Waals surface area contributed by atoms with Gasteiger partial charge in [0, 0.05) is 44.0 Å². The van der Waals surface area contributed by atoms with Gasteiger partial charge >= 0.3 is 0 Å². The van der Waals surface area contributed by atoms with Crippen LogP contribution in [0.1, 0.15) is 22.3 Å². The highest BCUT2D eigenvalue weighted by Gasteiger charge is 2.41. The molecule has 0 radical (unpaired) electrons. The van der Waals surface area contributed by atoms with E-state index in [0.717, 1.165) is 12.8 Å². The Hall–Kier alpha value is -5.73. The first-order valence-electron chi connectivity index (χ1n) is 17.3. The van der Waals surface area contributed by atoms with Gasteiger partial charge in [0.2, 0.25) is 13.4 Å². The maximum atomic E-state index is 2.66. The van der Waals surface area contributed by atoms with E-state index in [1.165, 1.54) is 110 Å². The van der Waals surface area contributed by atoms with Crippen LogP contribution < -0.4 is 32.8 Å². The SMILES string of the molecule is c1ccc2c(c1)Cc1cccc3c1B2c1cccc2c4ccc5c6ccc7c8c6n(c5c4n-3c12)-c1ccccc1B8c1ccccc1C7. The van der Waals surface area contributed by atoms with Crippen LogP contribution in [-0.4, -0.2) is 22.6 Å². The van der Waals surface area contributed by atoms with Gasteiger partial charge in [0.25, 0.3) is 0 Å². The fraction of sp³-hybridized carbons (Fsp3) is 0.0455. The summed E-state index contributed by atoms with van der Waals surface area (Å²) in [4.78, 5) is 0. The summed E-state index contributed by atoms with van der Waals surface area (Å²) >= 11 is 0. The van der Waals surface area contributed by atoms with Crippen LogP contribution in [0.3, 0.4) is 0 Å². The standard InChI is InChI=1S/C44H26B2N2/c1-3-13-33-26(10-1)24-28-19-20-30-32-22-21-31-29-12-8-16-36-41(29)48(38-18-7-11-27-23-25-9-2-4-14-34(25)46(36)39(27)38)44(31)43(32)47-37-17-6-5-15-35(37)45(33)40(28)42(30)47/h1-22H,23-24H2. The zero-order chi connectivity index (χ0) is 30.8. The topological polar surface area (TPSA) is 9.86 Å². The average Bonchev–Trinajstić information content (AvgIpc) is 3.66. The molecule has 0 aliphatic carbocycles. The molecule has 2 nitrogen and oxygen atoms in total. The lowest BCUT2D eigenvalue weighted by atomic mass is 9.32. The molecule has 4 aliphatic rings. The highest BCUT2D eigenvalue weighted by atomic mass is 15.1. The second kappa shape index (κ2) is 8.21. The van der Waals surface area contributed by atoms with Crippen molar-refractivity contribution in [3.63, 3.8) is 0 Å². The molecule has 48 heavy (non-hydrogen) atoms. The predicted octanol–water partition coefficient (Wildman–Crippen LogP) is 5.35. The van der Waals surface area contributed by atoms with Crippen molar-refractivity contribution >= 4 is 89.8 Å². The number of aromatic nitrogens is 2. The molecule has 7 aromatic carbocycles. The van der Waals surface area contributed by atoms with Gasteiger partial charge in [-0.1, -0.05) is 132 Å². The Kier molecular flexibility index (Phi) is 4.18. The molecule has 0 bridgehead atoms. The molecule has 9 aromatic rings. The summed E-state index contributed by atoms with van der Waals surface area (Å²) in [5, 5.41) is 5.38. The van der Waals surface area contributed by atoms with Crippen molar-refractivity contribution in [2.24, 2.45) is 0 Å². The lowest BCUT2D eigenvalue weighted by molar-refractivity contribution is 1.13. The van der Waals surface area contributed by atoms with Crippen LogP contribution in [0.15, 0.2) is 133 Å². The van der Waals surface area contributed by atoms with E-state index in [4.69, 9.17) is 0 Å². The Morgan fingerprint density at radius 1 is 0.333 bits per heavy atom. The highest BCUT2D eigenvalue weighted by Crippen LogP contribution is 2.43. The smallest absolute Gasteiger partial charge is 0.247 e. The van der Waals surface area contributed by atoms with Gasteiger partial charge in [-0.3, -0.25) is 0 Å². The summed E-state index contributed by atoms with van der Waals surface area (Å²) in [6.07, 6.45) is 1.97. The van der Waals surface area contributed by atoms with E-state index in [9.17, 15) is 0 Å². The van der Waals surface area contributed by atoms with Crippen LogP contribution in [0.2, 0.25) is 0 Å². The molecule has 218 valence electrons. The molecule has 0 spiro atoms. The Labute approximate surface area is 278 Å². The Morgan fingerprint density at radius 3 is 1.60 bits per heavy atom. The third kappa shape index (κ3) is 2.64. The predicted molar refractivity (Wildman–Crippen MR) is 203 cm³/mol. The van der Waals surface area contributed by atoms with Crippen LogP contribution in [0.25, 0.3) is 55.0 Å². The van der Waals surface area contributed by atoms with Crippen LogP contribution in [0.4, 0.5) is 0 Å². The van der Waals surface area contributed by atoms with E-state index in [1.54, 1.807) is 0 Å². The minimum absolute atomic E-state index is 0.246. The van der Waals surface area contributed by atoms with Gasteiger partial charge < -0.3 is 9.13 Å². The molecule has 6 heterocycles. The average molecular weight is 604 g/mol. The molecular weight excluding hydrogens is 578 g/mol. The number of fused-ring (bicyclic) bond motifs is 16. The van der Waals surface area contributed by atoms with Crippen LogP contribution in [-0.2, 0) is 12.8 Å². The quantitative estimate of drug-likeness (QED) is 0.207. The molecule has 0 atom stereocenters. The summed E-state index contributed by atoms with van der Waals surface area (Å²) in [5.41, 5.74) is 22.6. The third-order valence-electron chi connectivity index (χ3n) is 12.3. The lowest BCUT2D eigenvalue weighted by Crippen LogP contribution is -2.60. The summed E-state index contributed by atoms with van der Waals surface area (Å²) in [5.74, 6) is 0. The molecule has 4 aliphatic heterocycles. The van der Waals surface area contributed by atoms with E-state index >= 15 is 0 Å². The fourth-order valence-corrected chi connectivity index (χ4v) is 10.6. The van der Waals surface area contributed by atoms with Crippen molar-refractivity contribution in [3.05, 3.63) is 156 Å². The van der Waals surface area contributed by atoms with Crippen LogP contribution in [0, 0.1) is 0 Å². The highest BCUT2D eigenvalue weighted by molar-refractivity contribution is 6.99. The number of hydrogen-bond acceptors (Lipinski definition) is 0. The van der Waals surface area contributed by atoms with Crippen molar-refractivity contribution in [1.29, 1.82) is 0 Å². The number of nitrogens with zero attached hydrogens (tertiary/aromatic N) is 2. The first kappa shape index (κ1) is 24.4. The van der Waals surface area contributed by atoms with Crippen molar-refractivity contribution in [2.75, 3.05) is 0 Å². The van der Waals surface area contributed by atoms with E-state index < -0.39 is 0 Å². The van der Waals surface area contributed by atoms with E-state index in [1.807, 2.05) is 0 Å². The number of hydrogen-bond donors (Lipinski definition) is 0. The summed E-state index contributed by atoms with van der Waals surface area (Å²) in [6, 6.07) is 51.2. The van der Waals surface area contributed by atoms with Crippen molar-refractivity contribution in [3.8, 4) is 11.4 Å². The van der Waals surface area contributed by atoms with Crippen molar-refractivity contribution in [2.45, 2.75) is 12.8 Å². The van der Waals surface area contributed by atoms with Crippen molar-refractivity contribution in [1.82, 2.24) is 9.13 Å². The van der Waals surface area contributed by atoms with E-state index in [0.29, 0.717) is 0 Å². The molecule has 4 heteroatoms. The van der Waals surface area contributed by atoms with Crippen LogP contribution in [0.5, 0.6) is 0 Å². The minimum atomic E-state index is 0.246. The van der Waals surface area contributed by atoms with Crippen LogP contribution >= 0.6 is 0 Å². The molecule has 0 N–H and O–H groups in total. The summed E-state index contributed by atoms with van der Waals surface area (Å²) in [6.45, 7) is 0.492. The first-order chi connectivity index (χ1) is 23.8. The van der Waals surface area contributed by atoms with Crippen molar-refractivity contribution < 1.29 is 0 Å². The summed E-state index contributed by atoms with van der Waals surface area (Å²) < 4.78 is 5.31. The zero-order valence-electron chi connectivity index (χ0n) is 26.2. The molecule has 13 rings (SSSR count). The molecule has 0 unspecified atom stereocenters. The maximum Gasteiger partial charge on any atom is 0.247 e. The zero-order valence-corrected chi connectivity index (χ0v) is 26.2. The number of benzene rings is 7. The minimum Gasteiger partial charge on any atom is -0.308 e. The molecule has 0 saturated heterocycles. The third-order valence-corrected chi connectivity index (χ3v) is 12.3. The van der Waals surface area contributed by atoms with Gasteiger partial charge in [-0.15, -0.1) is 0 Å². The maximum absolute atomic E-state index is 2.66. The number of rotatable bonds is 0. The second-order valence-corrected chi connectivity index (χ2v) is 14.3.